The van der Waals surface area contributed by atoms with Gasteiger partial charge in [-0.2, -0.15) is 0 Å². The van der Waals surface area contributed by atoms with Crippen LogP contribution in [-0.2, 0) is 12.8 Å². The summed E-state index contributed by atoms with van der Waals surface area (Å²) in [4.78, 5) is 5.57. The number of aryl methyl sites for hydroxylation is 2. The van der Waals surface area contributed by atoms with Crippen LogP contribution in [0.25, 0.3) is 10.4 Å². The van der Waals surface area contributed by atoms with Crippen LogP contribution in [0, 0.1) is 0 Å². The summed E-state index contributed by atoms with van der Waals surface area (Å²) in [6.45, 7) is 0. The van der Waals surface area contributed by atoms with Crippen molar-refractivity contribution in [2.45, 2.75) is 12.8 Å². The van der Waals surface area contributed by atoms with Crippen molar-refractivity contribution in [2.75, 3.05) is 12.8 Å². The highest BCUT2D eigenvalue weighted by Gasteiger charge is 2.20. The van der Waals surface area contributed by atoms with Crippen LogP contribution in [0.3, 0.4) is 0 Å². The number of anilines is 1. The molecule has 1 aromatic carbocycles. The van der Waals surface area contributed by atoms with Crippen LogP contribution in [0.15, 0.2) is 18.2 Å². The highest BCUT2D eigenvalue weighted by Crippen LogP contribution is 2.40. The molecular formula is C12H12N2OS. The summed E-state index contributed by atoms with van der Waals surface area (Å²) < 4.78 is 5.26. The van der Waals surface area contributed by atoms with E-state index in [1.165, 1.54) is 16.0 Å². The zero-order valence-corrected chi connectivity index (χ0v) is 9.80. The van der Waals surface area contributed by atoms with Crippen molar-refractivity contribution in [3.63, 3.8) is 0 Å². The molecule has 0 aliphatic heterocycles. The molecule has 0 spiro atoms. The molecule has 1 heterocycles. The Labute approximate surface area is 97.9 Å². The molecule has 1 aromatic heterocycles. The molecule has 0 amide bonds. The minimum atomic E-state index is 0.653. The first-order chi connectivity index (χ1) is 7.78. The number of benzene rings is 1. The predicted octanol–water partition coefficient (Wildman–Crippen LogP) is 2.50. The molecule has 2 aromatic rings. The molecule has 0 atom stereocenters. The van der Waals surface area contributed by atoms with E-state index in [1.807, 2.05) is 6.07 Å². The number of rotatable bonds is 1. The number of aromatic nitrogens is 1. The normalized spacial score (nSPS) is 13.1. The van der Waals surface area contributed by atoms with Crippen LogP contribution in [0.1, 0.15) is 11.3 Å². The van der Waals surface area contributed by atoms with E-state index in [1.54, 1.807) is 18.4 Å². The van der Waals surface area contributed by atoms with E-state index >= 15 is 0 Å². The van der Waals surface area contributed by atoms with Gasteiger partial charge in [-0.15, -0.1) is 0 Å². The third-order valence-electron chi connectivity index (χ3n) is 2.91. The van der Waals surface area contributed by atoms with Crippen LogP contribution in [0.4, 0.5) is 5.13 Å². The molecule has 3 rings (SSSR count). The lowest BCUT2D eigenvalue weighted by molar-refractivity contribution is 0.415. The lowest BCUT2D eigenvalue weighted by atomic mass is 9.94. The summed E-state index contributed by atoms with van der Waals surface area (Å²) in [5, 5.41) is 0.653. The lowest BCUT2D eigenvalue weighted by Crippen LogP contribution is -2.02. The molecular weight excluding hydrogens is 220 g/mol. The molecule has 0 radical (unpaired) electrons. The topological polar surface area (TPSA) is 48.1 Å². The van der Waals surface area contributed by atoms with Crippen LogP contribution in [-0.4, -0.2) is 12.1 Å². The van der Waals surface area contributed by atoms with Crippen LogP contribution < -0.4 is 10.5 Å². The van der Waals surface area contributed by atoms with Gasteiger partial charge in [0.25, 0.3) is 0 Å². The van der Waals surface area contributed by atoms with E-state index in [2.05, 4.69) is 17.1 Å². The van der Waals surface area contributed by atoms with Crippen molar-refractivity contribution in [3.8, 4) is 16.2 Å². The third-order valence-corrected chi connectivity index (χ3v) is 3.87. The van der Waals surface area contributed by atoms with Crippen molar-refractivity contribution in [3.05, 3.63) is 29.5 Å². The number of nitrogens with zero attached hydrogens (tertiary/aromatic N) is 1. The van der Waals surface area contributed by atoms with Crippen molar-refractivity contribution < 1.29 is 4.74 Å². The van der Waals surface area contributed by atoms with Gasteiger partial charge in [0, 0.05) is 5.56 Å². The molecule has 0 fully saturated rings. The quantitative estimate of drug-likeness (QED) is 0.821. The van der Waals surface area contributed by atoms with Gasteiger partial charge in [-0.3, -0.25) is 0 Å². The van der Waals surface area contributed by atoms with E-state index < -0.39 is 0 Å². The number of hydrogen-bond donors (Lipinski definition) is 1. The molecule has 16 heavy (non-hydrogen) atoms. The number of hydrogen-bond acceptors (Lipinski definition) is 4. The maximum Gasteiger partial charge on any atom is 0.180 e. The molecule has 3 nitrogen and oxygen atoms in total. The van der Waals surface area contributed by atoms with Gasteiger partial charge in [0.2, 0.25) is 0 Å². The fraction of sp³-hybridized carbons (Fsp3) is 0.250. The van der Waals surface area contributed by atoms with E-state index in [4.69, 9.17) is 10.5 Å². The van der Waals surface area contributed by atoms with Crippen molar-refractivity contribution in [2.24, 2.45) is 0 Å². The van der Waals surface area contributed by atoms with Gasteiger partial charge >= 0.3 is 0 Å². The molecule has 1 aliphatic carbocycles. The number of nitrogens with two attached hydrogens (primary N) is 1. The van der Waals surface area contributed by atoms with Crippen molar-refractivity contribution in [1.82, 2.24) is 4.98 Å². The van der Waals surface area contributed by atoms with E-state index in [0.717, 1.165) is 24.3 Å². The second kappa shape index (κ2) is 3.49. The maximum absolute atomic E-state index is 5.76. The summed E-state index contributed by atoms with van der Waals surface area (Å²) in [6.07, 6.45) is 2.03. The lowest BCUT2D eigenvalue weighted by Gasteiger charge is -2.15. The van der Waals surface area contributed by atoms with Crippen LogP contribution in [0.2, 0.25) is 0 Å². The zero-order chi connectivity index (χ0) is 11.1. The Balaban J connectivity index is 2.21. The first-order valence-electron chi connectivity index (χ1n) is 5.20. The monoisotopic (exact) mass is 232 g/mol. The average molecular weight is 232 g/mol. The average Bonchev–Trinajstić information content (AvgIpc) is 2.69. The molecule has 1 aliphatic rings. The highest BCUT2D eigenvalue weighted by atomic mass is 32.1. The Bertz CT molecular complexity index is 548. The summed E-state index contributed by atoms with van der Waals surface area (Å²) in [6, 6.07) is 6.21. The Morgan fingerprint density at radius 1 is 1.38 bits per heavy atom. The second-order valence-electron chi connectivity index (χ2n) is 3.85. The van der Waals surface area contributed by atoms with Gasteiger partial charge in [0.1, 0.15) is 5.75 Å². The number of nitrogen functional groups attached to an aromatic ring is 1. The van der Waals surface area contributed by atoms with Crippen molar-refractivity contribution >= 4 is 16.5 Å². The number of methoxy groups -OCH3 is 1. The van der Waals surface area contributed by atoms with Crippen LogP contribution >= 0.6 is 11.3 Å². The van der Waals surface area contributed by atoms with Gasteiger partial charge in [-0.25, -0.2) is 4.98 Å². The first-order valence-corrected chi connectivity index (χ1v) is 6.02. The van der Waals surface area contributed by atoms with Crippen LogP contribution in [0.5, 0.6) is 5.75 Å². The number of fused-ring (bicyclic) bond motifs is 3. The van der Waals surface area contributed by atoms with Gasteiger partial charge in [0.15, 0.2) is 5.13 Å². The highest BCUT2D eigenvalue weighted by molar-refractivity contribution is 7.18. The summed E-state index contributed by atoms with van der Waals surface area (Å²) in [7, 11) is 1.69. The molecule has 0 saturated carbocycles. The molecule has 0 unspecified atom stereocenters. The summed E-state index contributed by atoms with van der Waals surface area (Å²) in [5.74, 6) is 0.888. The minimum absolute atomic E-state index is 0.653. The fourth-order valence-electron chi connectivity index (χ4n) is 2.11. The largest absolute Gasteiger partial charge is 0.497 e. The summed E-state index contributed by atoms with van der Waals surface area (Å²) in [5.41, 5.74) is 9.48. The maximum atomic E-state index is 5.76. The van der Waals surface area contributed by atoms with E-state index in [-0.39, 0.29) is 0 Å². The standard InChI is InChI=1S/C12H12N2OS/c1-15-8-4-2-7-3-5-10-11(9(7)6-8)16-12(13)14-10/h2,4,6H,3,5H2,1H3,(H2,13,14). The Morgan fingerprint density at radius 2 is 2.25 bits per heavy atom. The zero-order valence-electron chi connectivity index (χ0n) is 8.99. The SMILES string of the molecule is COc1ccc2c(c1)-c1sc(N)nc1CC2. The smallest absolute Gasteiger partial charge is 0.180 e. The Morgan fingerprint density at radius 3 is 3.06 bits per heavy atom. The Hall–Kier alpha value is -1.55. The summed E-state index contributed by atoms with van der Waals surface area (Å²) >= 11 is 1.56. The first kappa shape index (κ1) is 9.66. The Kier molecular flexibility index (Phi) is 2.11. The van der Waals surface area contributed by atoms with Gasteiger partial charge in [-0.05, 0) is 30.5 Å². The molecule has 82 valence electrons. The van der Waals surface area contributed by atoms with E-state index in [9.17, 15) is 0 Å². The van der Waals surface area contributed by atoms with Gasteiger partial charge in [0.05, 0.1) is 17.7 Å². The third kappa shape index (κ3) is 1.38. The van der Waals surface area contributed by atoms with Gasteiger partial charge < -0.3 is 10.5 Å². The minimum Gasteiger partial charge on any atom is -0.497 e. The van der Waals surface area contributed by atoms with E-state index in [0.29, 0.717) is 5.13 Å². The number of ether oxygens (including phenoxy) is 1. The fourth-order valence-corrected chi connectivity index (χ4v) is 3.05. The van der Waals surface area contributed by atoms with Gasteiger partial charge in [-0.1, -0.05) is 17.4 Å². The molecule has 0 saturated heterocycles. The molecule has 0 bridgehead atoms. The second-order valence-corrected chi connectivity index (χ2v) is 4.88. The predicted molar refractivity (Wildman–Crippen MR) is 65.9 cm³/mol. The molecule has 2 N–H and O–H groups in total. The van der Waals surface area contributed by atoms with Crippen molar-refractivity contribution in [1.29, 1.82) is 0 Å². The number of thiazole rings is 1. The molecule has 4 heteroatoms.